The van der Waals surface area contributed by atoms with Crippen LogP contribution in [0.4, 0.5) is 0 Å². The molecule has 5 nitrogen and oxygen atoms in total. The molecule has 0 spiro atoms. The van der Waals surface area contributed by atoms with Gasteiger partial charge < -0.3 is 16.4 Å². The molecular formula is C7H15N3O2. The number of carbonyl (C=O) groups excluding carboxylic acids is 2. The van der Waals surface area contributed by atoms with Gasteiger partial charge in [0.15, 0.2) is 0 Å². The first-order chi connectivity index (χ1) is 5.56. The van der Waals surface area contributed by atoms with E-state index in [0.717, 1.165) is 0 Å². The fraction of sp³-hybridized carbons (Fsp3) is 0.714. The second-order valence-electron chi connectivity index (χ2n) is 2.70. The number of hydrogen-bond donors (Lipinski definition) is 3. The summed E-state index contributed by atoms with van der Waals surface area (Å²) in [5.41, 5.74) is 5.02. The van der Waals surface area contributed by atoms with Gasteiger partial charge in [-0.05, 0) is 13.8 Å². The molecule has 0 aliphatic heterocycles. The van der Waals surface area contributed by atoms with Gasteiger partial charge in [-0.15, -0.1) is 0 Å². The lowest BCUT2D eigenvalue weighted by Gasteiger charge is -2.08. The first-order valence-corrected chi connectivity index (χ1v) is 3.82. The lowest BCUT2D eigenvalue weighted by molar-refractivity contribution is -0.125. The number of hydrogen-bond acceptors (Lipinski definition) is 3. The Balaban J connectivity index is 3.51. The summed E-state index contributed by atoms with van der Waals surface area (Å²) in [6.07, 6.45) is 0. The zero-order chi connectivity index (χ0) is 9.56. The van der Waals surface area contributed by atoms with E-state index in [4.69, 9.17) is 5.73 Å². The monoisotopic (exact) mass is 173 g/mol. The maximum absolute atomic E-state index is 10.9. The van der Waals surface area contributed by atoms with Crippen molar-refractivity contribution in [1.29, 1.82) is 0 Å². The molecule has 0 heterocycles. The van der Waals surface area contributed by atoms with Crippen LogP contribution < -0.4 is 16.4 Å². The van der Waals surface area contributed by atoms with E-state index in [1.54, 1.807) is 0 Å². The normalized spacial score (nSPS) is 9.67. The first-order valence-electron chi connectivity index (χ1n) is 3.82. The van der Waals surface area contributed by atoms with Gasteiger partial charge in [0.2, 0.25) is 11.8 Å². The molecule has 0 aromatic rings. The largest absolute Gasteiger partial charge is 0.352 e. The molecule has 2 amide bonds. The summed E-state index contributed by atoms with van der Waals surface area (Å²) in [4.78, 5) is 21.5. The van der Waals surface area contributed by atoms with E-state index in [2.05, 4.69) is 10.6 Å². The Morgan fingerprint density at radius 3 is 2.33 bits per heavy atom. The molecule has 0 radical (unpaired) electrons. The molecule has 70 valence electrons. The SMILES string of the molecule is CC(C)NC(=O)CNC(=O)CN. The molecule has 0 rings (SSSR count). The lowest BCUT2D eigenvalue weighted by Crippen LogP contribution is -2.41. The summed E-state index contributed by atoms with van der Waals surface area (Å²) in [6, 6.07) is 0.0901. The van der Waals surface area contributed by atoms with Crippen LogP contribution in [0.2, 0.25) is 0 Å². The molecule has 0 aliphatic rings. The summed E-state index contributed by atoms with van der Waals surface area (Å²) >= 11 is 0. The molecule has 0 aromatic carbocycles. The summed E-state index contributed by atoms with van der Waals surface area (Å²) in [7, 11) is 0. The second-order valence-corrected chi connectivity index (χ2v) is 2.70. The predicted octanol–water partition coefficient (Wildman–Crippen LogP) is -1.41. The Morgan fingerprint density at radius 2 is 1.92 bits per heavy atom. The van der Waals surface area contributed by atoms with Gasteiger partial charge in [0.25, 0.3) is 0 Å². The molecular weight excluding hydrogens is 158 g/mol. The first kappa shape index (κ1) is 10.9. The van der Waals surface area contributed by atoms with Gasteiger partial charge in [0, 0.05) is 6.04 Å². The highest BCUT2D eigenvalue weighted by molar-refractivity contribution is 5.85. The van der Waals surface area contributed by atoms with E-state index < -0.39 is 0 Å². The molecule has 0 saturated carbocycles. The Morgan fingerprint density at radius 1 is 1.33 bits per heavy atom. The zero-order valence-corrected chi connectivity index (χ0v) is 7.39. The zero-order valence-electron chi connectivity index (χ0n) is 7.39. The Hall–Kier alpha value is -1.10. The highest BCUT2D eigenvalue weighted by atomic mass is 16.2. The van der Waals surface area contributed by atoms with E-state index in [-0.39, 0.29) is 30.9 Å². The predicted molar refractivity (Wildman–Crippen MR) is 45.3 cm³/mol. The minimum Gasteiger partial charge on any atom is -0.352 e. The van der Waals surface area contributed by atoms with Crippen molar-refractivity contribution in [2.24, 2.45) is 5.73 Å². The van der Waals surface area contributed by atoms with E-state index in [9.17, 15) is 9.59 Å². The molecule has 4 N–H and O–H groups in total. The summed E-state index contributed by atoms with van der Waals surface area (Å²) in [5.74, 6) is -0.527. The summed E-state index contributed by atoms with van der Waals surface area (Å²) in [5, 5.41) is 4.99. The fourth-order valence-corrected chi connectivity index (χ4v) is 0.624. The van der Waals surface area contributed by atoms with Gasteiger partial charge >= 0.3 is 0 Å². The van der Waals surface area contributed by atoms with Crippen molar-refractivity contribution in [1.82, 2.24) is 10.6 Å². The fourth-order valence-electron chi connectivity index (χ4n) is 0.624. The van der Waals surface area contributed by atoms with E-state index >= 15 is 0 Å². The maximum atomic E-state index is 10.9. The Labute approximate surface area is 71.7 Å². The van der Waals surface area contributed by atoms with Crippen LogP contribution in [-0.4, -0.2) is 30.9 Å². The highest BCUT2D eigenvalue weighted by Crippen LogP contribution is 1.75. The van der Waals surface area contributed by atoms with Crippen molar-refractivity contribution in [2.75, 3.05) is 13.1 Å². The molecule has 0 aliphatic carbocycles. The molecule has 0 bridgehead atoms. The van der Waals surface area contributed by atoms with Crippen LogP contribution >= 0.6 is 0 Å². The maximum Gasteiger partial charge on any atom is 0.239 e. The molecule has 12 heavy (non-hydrogen) atoms. The van der Waals surface area contributed by atoms with Crippen LogP contribution in [0.5, 0.6) is 0 Å². The van der Waals surface area contributed by atoms with Crippen LogP contribution in [0.3, 0.4) is 0 Å². The van der Waals surface area contributed by atoms with Crippen molar-refractivity contribution >= 4 is 11.8 Å². The second kappa shape index (κ2) is 5.54. The highest BCUT2D eigenvalue weighted by Gasteiger charge is 2.03. The van der Waals surface area contributed by atoms with Gasteiger partial charge in [-0.1, -0.05) is 0 Å². The Bertz CT molecular complexity index is 168. The minimum atomic E-state index is -0.325. The van der Waals surface area contributed by atoms with Gasteiger partial charge in [-0.3, -0.25) is 9.59 Å². The number of nitrogens with two attached hydrogens (primary N) is 1. The molecule has 0 unspecified atom stereocenters. The molecule has 0 fully saturated rings. The van der Waals surface area contributed by atoms with Crippen LogP contribution in [-0.2, 0) is 9.59 Å². The smallest absolute Gasteiger partial charge is 0.239 e. The third-order valence-electron chi connectivity index (χ3n) is 1.08. The number of carbonyl (C=O) groups is 2. The molecule has 0 aromatic heterocycles. The standard InChI is InChI=1S/C7H15N3O2/c1-5(2)10-7(12)4-9-6(11)3-8/h5H,3-4,8H2,1-2H3,(H,9,11)(H,10,12). The number of amides is 2. The minimum absolute atomic E-state index is 0.00574. The van der Waals surface area contributed by atoms with Crippen molar-refractivity contribution in [3.8, 4) is 0 Å². The van der Waals surface area contributed by atoms with Gasteiger partial charge in [0.05, 0.1) is 13.1 Å². The van der Waals surface area contributed by atoms with Crippen LogP contribution in [0.25, 0.3) is 0 Å². The average molecular weight is 173 g/mol. The molecule has 0 atom stereocenters. The van der Waals surface area contributed by atoms with Gasteiger partial charge in [-0.2, -0.15) is 0 Å². The van der Waals surface area contributed by atoms with Crippen molar-refractivity contribution in [2.45, 2.75) is 19.9 Å². The summed E-state index contributed by atoms with van der Waals surface area (Å²) < 4.78 is 0. The van der Waals surface area contributed by atoms with Crippen molar-refractivity contribution in [3.63, 3.8) is 0 Å². The third-order valence-corrected chi connectivity index (χ3v) is 1.08. The van der Waals surface area contributed by atoms with Crippen molar-refractivity contribution in [3.05, 3.63) is 0 Å². The van der Waals surface area contributed by atoms with Crippen molar-refractivity contribution < 1.29 is 9.59 Å². The topological polar surface area (TPSA) is 84.2 Å². The molecule has 5 heteroatoms. The molecule has 0 saturated heterocycles. The van der Waals surface area contributed by atoms with E-state index in [0.29, 0.717) is 0 Å². The average Bonchev–Trinajstić information content (AvgIpc) is 1.99. The quantitative estimate of drug-likeness (QED) is 0.488. The van der Waals surface area contributed by atoms with Crippen LogP contribution in [0.15, 0.2) is 0 Å². The van der Waals surface area contributed by atoms with E-state index in [1.807, 2.05) is 13.8 Å². The number of rotatable bonds is 4. The Kier molecular flexibility index (Phi) is 5.03. The van der Waals surface area contributed by atoms with Crippen LogP contribution in [0, 0.1) is 0 Å². The third kappa shape index (κ3) is 5.67. The van der Waals surface area contributed by atoms with Crippen LogP contribution in [0.1, 0.15) is 13.8 Å². The van der Waals surface area contributed by atoms with Gasteiger partial charge in [0.1, 0.15) is 0 Å². The lowest BCUT2D eigenvalue weighted by atomic mass is 10.4. The number of nitrogens with one attached hydrogen (secondary N) is 2. The summed E-state index contributed by atoms with van der Waals surface area (Å²) in [6.45, 7) is 3.61. The van der Waals surface area contributed by atoms with Gasteiger partial charge in [-0.25, -0.2) is 0 Å². The van der Waals surface area contributed by atoms with E-state index in [1.165, 1.54) is 0 Å².